The van der Waals surface area contributed by atoms with Crippen LogP contribution in [0.1, 0.15) is 12.8 Å². The van der Waals surface area contributed by atoms with E-state index in [4.69, 9.17) is 23.1 Å². The Hall–Kier alpha value is -0.720. The maximum Gasteiger partial charge on any atom is 0.223 e. The van der Waals surface area contributed by atoms with Crippen LogP contribution in [-0.2, 0) is 4.79 Å². The zero-order valence-electron chi connectivity index (χ0n) is 9.98. The van der Waals surface area contributed by atoms with Gasteiger partial charge in [0.2, 0.25) is 5.91 Å². The molecule has 0 bridgehead atoms. The minimum Gasteiger partial charge on any atom is -0.395 e. The summed E-state index contributed by atoms with van der Waals surface area (Å²) in [6.45, 7) is 1.92. The minimum absolute atomic E-state index is 0.0704. The minimum atomic E-state index is 0.0704. The lowest BCUT2D eigenvalue weighted by Crippen LogP contribution is -2.33. The molecule has 0 rings (SSSR count). The van der Waals surface area contributed by atoms with E-state index in [-0.39, 0.29) is 12.5 Å². The molecule has 0 spiro atoms. The van der Waals surface area contributed by atoms with Crippen LogP contribution < -0.4 is 5.73 Å². The van der Waals surface area contributed by atoms with Crippen molar-refractivity contribution in [3.8, 4) is 0 Å². The van der Waals surface area contributed by atoms with Crippen LogP contribution in [0.5, 0.6) is 0 Å². The van der Waals surface area contributed by atoms with Crippen LogP contribution >= 0.6 is 12.2 Å². The smallest absolute Gasteiger partial charge is 0.223 e. The zero-order chi connectivity index (χ0) is 12.6. The molecule has 6 heteroatoms. The third-order valence-corrected chi connectivity index (χ3v) is 2.51. The molecule has 94 valence electrons. The van der Waals surface area contributed by atoms with Gasteiger partial charge in [-0.2, -0.15) is 0 Å². The summed E-state index contributed by atoms with van der Waals surface area (Å²) in [7, 11) is 3.62. The van der Waals surface area contributed by atoms with Gasteiger partial charge in [-0.3, -0.25) is 4.79 Å². The molecule has 0 saturated carbocycles. The number of rotatable bonds is 8. The fourth-order valence-corrected chi connectivity index (χ4v) is 1.25. The Morgan fingerprint density at radius 3 is 2.38 bits per heavy atom. The highest BCUT2D eigenvalue weighted by atomic mass is 32.1. The SMILES string of the molecule is CN(CCO)CCC(=O)N(C)CCC(N)=S. The molecule has 3 N–H and O–H groups in total. The fourth-order valence-electron chi connectivity index (χ4n) is 1.16. The van der Waals surface area contributed by atoms with E-state index in [0.29, 0.717) is 37.5 Å². The normalized spacial score (nSPS) is 10.5. The summed E-state index contributed by atoms with van der Waals surface area (Å²) in [6.07, 6.45) is 1.01. The predicted molar refractivity (Wildman–Crippen MR) is 68.2 cm³/mol. The van der Waals surface area contributed by atoms with Gasteiger partial charge in [0.05, 0.1) is 11.6 Å². The highest BCUT2D eigenvalue weighted by Crippen LogP contribution is 1.95. The number of likely N-dealkylation sites (N-methyl/N-ethyl adjacent to an activating group) is 1. The van der Waals surface area contributed by atoms with Gasteiger partial charge in [0, 0.05) is 39.5 Å². The molecule has 1 amide bonds. The summed E-state index contributed by atoms with van der Waals surface area (Å²) in [4.78, 5) is 15.6. The first-order chi connectivity index (χ1) is 7.47. The average Bonchev–Trinajstić information content (AvgIpc) is 2.22. The van der Waals surface area contributed by atoms with Crippen molar-refractivity contribution in [3.05, 3.63) is 0 Å². The van der Waals surface area contributed by atoms with E-state index in [1.807, 2.05) is 11.9 Å². The molecule has 0 aliphatic carbocycles. The molecule has 0 unspecified atom stereocenters. The van der Waals surface area contributed by atoms with E-state index in [1.54, 1.807) is 11.9 Å². The molecule has 0 fully saturated rings. The third kappa shape index (κ3) is 7.56. The molecule has 16 heavy (non-hydrogen) atoms. The van der Waals surface area contributed by atoms with Crippen molar-refractivity contribution >= 4 is 23.1 Å². The lowest BCUT2D eigenvalue weighted by Gasteiger charge is -2.19. The summed E-state index contributed by atoms with van der Waals surface area (Å²) in [5, 5.41) is 8.69. The average molecular weight is 247 g/mol. The topological polar surface area (TPSA) is 69.8 Å². The number of carbonyl (C=O) groups excluding carboxylic acids is 1. The van der Waals surface area contributed by atoms with E-state index < -0.39 is 0 Å². The van der Waals surface area contributed by atoms with Gasteiger partial charge >= 0.3 is 0 Å². The van der Waals surface area contributed by atoms with Crippen LogP contribution in [0.4, 0.5) is 0 Å². The van der Waals surface area contributed by atoms with E-state index in [2.05, 4.69) is 0 Å². The molecule has 0 aromatic heterocycles. The van der Waals surface area contributed by atoms with Gasteiger partial charge in [-0.15, -0.1) is 0 Å². The molecule has 0 radical (unpaired) electrons. The Balaban J connectivity index is 3.74. The summed E-state index contributed by atoms with van der Waals surface area (Å²) in [5.41, 5.74) is 5.36. The third-order valence-electron chi connectivity index (χ3n) is 2.31. The van der Waals surface area contributed by atoms with Crippen LogP contribution in [0.2, 0.25) is 0 Å². The lowest BCUT2D eigenvalue weighted by atomic mass is 10.3. The van der Waals surface area contributed by atoms with E-state index in [9.17, 15) is 4.79 Å². The Morgan fingerprint density at radius 1 is 1.25 bits per heavy atom. The molecular weight excluding hydrogens is 226 g/mol. The van der Waals surface area contributed by atoms with E-state index >= 15 is 0 Å². The summed E-state index contributed by atoms with van der Waals surface area (Å²) in [6, 6.07) is 0. The number of nitrogens with two attached hydrogens (primary N) is 1. The van der Waals surface area contributed by atoms with E-state index in [1.165, 1.54) is 0 Å². The first-order valence-corrected chi connectivity index (χ1v) is 5.70. The lowest BCUT2D eigenvalue weighted by molar-refractivity contribution is -0.130. The van der Waals surface area contributed by atoms with Crippen molar-refractivity contribution in [3.63, 3.8) is 0 Å². The Bertz CT molecular complexity index is 236. The van der Waals surface area contributed by atoms with Gasteiger partial charge in [0.1, 0.15) is 0 Å². The zero-order valence-corrected chi connectivity index (χ0v) is 10.8. The van der Waals surface area contributed by atoms with Crippen molar-refractivity contribution in [2.45, 2.75) is 12.8 Å². The van der Waals surface area contributed by atoms with Crippen LogP contribution in [0.25, 0.3) is 0 Å². The van der Waals surface area contributed by atoms with Gasteiger partial charge < -0.3 is 20.6 Å². The highest BCUT2D eigenvalue weighted by Gasteiger charge is 2.09. The Labute approximate surface area is 102 Å². The Morgan fingerprint density at radius 2 is 1.88 bits per heavy atom. The van der Waals surface area contributed by atoms with E-state index in [0.717, 1.165) is 0 Å². The largest absolute Gasteiger partial charge is 0.395 e. The standard InChI is InChI=1S/C10H21N3O2S/c1-12(7-8-14)5-4-10(15)13(2)6-3-9(11)16/h14H,3-8H2,1-2H3,(H2,11,16). The molecule has 0 atom stereocenters. The van der Waals surface area contributed by atoms with Crippen molar-refractivity contribution < 1.29 is 9.90 Å². The Kier molecular flexibility index (Phi) is 8.05. The molecular formula is C10H21N3O2S. The molecule has 0 aromatic carbocycles. The number of amides is 1. The molecule has 0 aliphatic rings. The number of hydrogen-bond acceptors (Lipinski definition) is 4. The maximum atomic E-state index is 11.6. The predicted octanol–water partition coefficient (Wildman–Crippen LogP) is -0.565. The second-order valence-electron chi connectivity index (χ2n) is 3.81. The number of carbonyl (C=O) groups is 1. The van der Waals surface area contributed by atoms with Crippen molar-refractivity contribution in [2.75, 3.05) is 40.3 Å². The van der Waals surface area contributed by atoms with Crippen molar-refractivity contribution in [2.24, 2.45) is 5.73 Å². The molecule has 0 aliphatic heterocycles. The highest BCUT2D eigenvalue weighted by molar-refractivity contribution is 7.80. The van der Waals surface area contributed by atoms with Gasteiger partial charge in [0.25, 0.3) is 0 Å². The van der Waals surface area contributed by atoms with Crippen LogP contribution in [0.15, 0.2) is 0 Å². The molecule has 0 heterocycles. The quantitative estimate of drug-likeness (QED) is 0.562. The number of nitrogens with zero attached hydrogens (tertiary/aromatic N) is 2. The van der Waals surface area contributed by atoms with Crippen molar-refractivity contribution in [1.82, 2.24) is 9.80 Å². The van der Waals surface area contributed by atoms with Gasteiger partial charge in [-0.1, -0.05) is 12.2 Å². The number of aliphatic hydroxyl groups excluding tert-OH is 1. The second kappa shape index (κ2) is 8.43. The number of hydrogen-bond donors (Lipinski definition) is 2. The molecule has 5 nitrogen and oxygen atoms in total. The molecule has 0 saturated heterocycles. The van der Waals surface area contributed by atoms with Crippen LogP contribution in [0, 0.1) is 0 Å². The van der Waals surface area contributed by atoms with Crippen LogP contribution in [-0.4, -0.2) is 66.1 Å². The first-order valence-electron chi connectivity index (χ1n) is 5.29. The number of aliphatic hydroxyl groups is 1. The van der Waals surface area contributed by atoms with Crippen LogP contribution in [0.3, 0.4) is 0 Å². The summed E-state index contributed by atoms with van der Waals surface area (Å²) < 4.78 is 0. The second-order valence-corrected chi connectivity index (χ2v) is 4.33. The van der Waals surface area contributed by atoms with Gasteiger partial charge in [-0.05, 0) is 7.05 Å². The van der Waals surface area contributed by atoms with Gasteiger partial charge in [0.15, 0.2) is 0 Å². The fraction of sp³-hybridized carbons (Fsp3) is 0.800. The molecule has 0 aromatic rings. The summed E-state index contributed by atoms with van der Waals surface area (Å²) in [5.74, 6) is 0.0704. The first kappa shape index (κ1) is 15.3. The summed E-state index contributed by atoms with van der Waals surface area (Å²) >= 11 is 4.74. The van der Waals surface area contributed by atoms with Crippen molar-refractivity contribution in [1.29, 1.82) is 0 Å². The monoisotopic (exact) mass is 247 g/mol. The van der Waals surface area contributed by atoms with Gasteiger partial charge in [-0.25, -0.2) is 0 Å². The number of thiocarbonyl (C=S) groups is 1. The maximum absolute atomic E-state index is 11.6.